The molecule has 1 fully saturated rings. The summed E-state index contributed by atoms with van der Waals surface area (Å²) in [6.07, 6.45) is 10.4. The van der Waals surface area contributed by atoms with Crippen molar-refractivity contribution in [3.8, 4) is 0 Å². The van der Waals surface area contributed by atoms with Gasteiger partial charge >= 0.3 is 0 Å². The minimum atomic E-state index is -0.295. The fraction of sp³-hybridized carbons (Fsp3) is 0.615. The first-order valence-electron chi connectivity index (χ1n) is 6.12. The second-order valence-electron chi connectivity index (χ2n) is 4.78. The molecule has 0 bridgehead atoms. The fourth-order valence-electron chi connectivity index (χ4n) is 2.55. The summed E-state index contributed by atoms with van der Waals surface area (Å²) in [5.41, 5.74) is 6.91. The highest BCUT2D eigenvalue weighted by atomic mass is 19.1. The predicted octanol–water partition coefficient (Wildman–Crippen LogP) is 3.19. The van der Waals surface area contributed by atoms with Gasteiger partial charge in [-0.1, -0.05) is 32.1 Å². The first-order valence-corrected chi connectivity index (χ1v) is 6.12. The largest absolute Gasteiger partial charge is 0.324 e. The van der Waals surface area contributed by atoms with Gasteiger partial charge in [0, 0.05) is 12.2 Å². The second-order valence-corrected chi connectivity index (χ2v) is 4.78. The topological polar surface area (TPSA) is 38.9 Å². The zero-order valence-corrected chi connectivity index (χ0v) is 9.53. The lowest BCUT2D eigenvalue weighted by Gasteiger charge is -2.24. The SMILES string of the molecule is NC(CC1CCCCC1)c1cncc(F)c1. The molecular formula is C13H19FN2. The van der Waals surface area contributed by atoms with Crippen LogP contribution in [0.5, 0.6) is 0 Å². The summed E-state index contributed by atoms with van der Waals surface area (Å²) < 4.78 is 13.0. The lowest BCUT2D eigenvalue weighted by Crippen LogP contribution is -2.17. The molecule has 0 amide bonds. The zero-order valence-electron chi connectivity index (χ0n) is 9.53. The van der Waals surface area contributed by atoms with Gasteiger partial charge in [-0.25, -0.2) is 4.39 Å². The summed E-state index contributed by atoms with van der Waals surface area (Å²) in [4.78, 5) is 3.84. The summed E-state index contributed by atoms with van der Waals surface area (Å²) in [6, 6.07) is 1.44. The molecule has 1 heterocycles. The number of nitrogens with two attached hydrogens (primary N) is 1. The third kappa shape index (κ3) is 3.01. The lowest BCUT2D eigenvalue weighted by atomic mass is 9.84. The Bertz CT molecular complexity index is 334. The Hall–Kier alpha value is -0.960. The first kappa shape index (κ1) is 11.5. The van der Waals surface area contributed by atoms with Gasteiger partial charge in [-0.15, -0.1) is 0 Å². The molecule has 1 aromatic heterocycles. The quantitative estimate of drug-likeness (QED) is 0.853. The van der Waals surface area contributed by atoms with E-state index in [-0.39, 0.29) is 11.9 Å². The molecule has 0 aromatic carbocycles. The third-order valence-corrected chi connectivity index (χ3v) is 3.47. The summed E-state index contributed by atoms with van der Waals surface area (Å²) in [5, 5.41) is 0. The fourth-order valence-corrected chi connectivity index (χ4v) is 2.55. The average Bonchev–Trinajstić information content (AvgIpc) is 2.30. The van der Waals surface area contributed by atoms with Crippen LogP contribution in [0.15, 0.2) is 18.5 Å². The van der Waals surface area contributed by atoms with Crippen LogP contribution in [-0.4, -0.2) is 4.98 Å². The van der Waals surface area contributed by atoms with E-state index >= 15 is 0 Å². The highest BCUT2D eigenvalue weighted by Crippen LogP contribution is 2.30. The van der Waals surface area contributed by atoms with Gasteiger partial charge in [-0.05, 0) is 24.0 Å². The van der Waals surface area contributed by atoms with Crippen molar-refractivity contribution in [3.05, 3.63) is 29.8 Å². The molecule has 16 heavy (non-hydrogen) atoms. The van der Waals surface area contributed by atoms with Crippen molar-refractivity contribution in [2.24, 2.45) is 11.7 Å². The van der Waals surface area contributed by atoms with E-state index in [1.807, 2.05) is 0 Å². The Morgan fingerprint density at radius 3 is 2.75 bits per heavy atom. The minimum absolute atomic E-state index is 0.0636. The standard InChI is InChI=1S/C13H19FN2/c14-12-7-11(8-16-9-12)13(15)6-10-4-2-1-3-5-10/h7-10,13H,1-6,15H2. The van der Waals surface area contributed by atoms with Crippen LogP contribution in [0.1, 0.15) is 50.1 Å². The van der Waals surface area contributed by atoms with Gasteiger partial charge in [0.1, 0.15) is 5.82 Å². The molecule has 0 radical (unpaired) electrons. The number of rotatable bonds is 3. The van der Waals surface area contributed by atoms with Gasteiger partial charge in [0.25, 0.3) is 0 Å². The Labute approximate surface area is 96.1 Å². The molecule has 0 aliphatic heterocycles. The molecule has 1 saturated carbocycles. The van der Waals surface area contributed by atoms with Crippen molar-refractivity contribution in [1.29, 1.82) is 0 Å². The Balaban J connectivity index is 1.94. The van der Waals surface area contributed by atoms with Crippen molar-refractivity contribution in [1.82, 2.24) is 4.98 Å². The van der Waals surface area contributed by atoms with Gasteiger partial charge in [-0.2, -0.15) is 0 Å². The smallest absolute Gasteiger partial charge is 0.141 e. The number of hydrogen-bond acceptors (Lipinski definition) is 2. The average molecular weight is 222 g/mol. The third-order valence-electron chi connectivity index (χ3n) is 3.47. The van der Waals surface area contributed by atoms with E-state index in [2.05, 4.69) is 4.98 Å². The maximum atomic E-state index is 13.0. The molecule has 0 spiro atoms. The van der Waals surface area contributed by atoms with E-state index in [0.29, 0.717) is 5.92 Å². The monoisotopic (exact) mass is 222 g/mol. The van der Waals surface area contributed by atoms with Crippen LogP contribution in [0.2, 0.25) is 0 Å². The van der Waals surface area contributed by atoms with Gasteiger partial charge in [-0.3, -0.25) is 4.98 Å². The molecule has 1 atom stereocenters. The van der Waals surface area contributed by atoms with Crippen molar-refractivity contribution in [2.75, 3.05) is 0 Å². The van der Waals surface area contributed by atoms with E-state index in [1.54, 1.807) is 6.20 Å². The van der Waals surface area contributed by atoms with Crippen LogP contribution < -0.4 is 5.73 Å². The number of nitrogens with zero attached hydrogens (tertiary/aromatic N) is 1. The van der Waals surface area contributed by atoms with Crippen molar-refractivity contribution in [3.63, 3.8) is 0 Å². The number of aromatic nitrogens is 1. The van der Waals surface area contributed by atoms with Gasteiger partial charge in [0.2, 0.25) is 0 Å². The molecule has 1 unspecified atom stereocenters. The molecular weight excluding hydrogens is 203 g/mol. The molecule has 88 valence electrons. The molecule has 1 aliphatic rings. The van der Waals surface area contributed by atoms with Crippen molar-refractivity contribution in [2.45, 2.75) is 44.6 Å². The summed E-state index contributed by atoms with van der Waals surface area (Å²) >= 11 is 0. The van der Waals surface area contributed by atoms with Crippen LogP contribution in [0.25, 0.3) is 0 Å². The maximum Gasteiger partial charge on any atom is 0.141 e. The van der Waals surface area contributed by atoms with Crippen LogP contribution in [0.3, 0.4) is 0 Å². The van der Waals surface area contributed by atoms with Crippen LogP contribution in [-0.2, 0) is 0 Å². The van der Waals surface area contributed by atoms with Gasteiger partial charge < -0.3 is 5.73 Å². The summed E-state index contributed by atoms with van der Waals surface area (Å²) in [6.45, 7) is 0. The van der Waals surface area contributed by atoms with E-state index in [0.717, 1.165) is 12.0 Å². The van der Waals surface area contributed by atoms with Gasteiger partial charge in [0.05, 0.1) is 6.20 Å². The highest BCUT2D eigenvalue weighted by Gasteiger charge is 2.18. The minimum Gasteiger partial charge on any atom is -0.324 e. The normalized spacial score (nSPS) is 19.6. The zero-order chi connectivity index (χ0) is 11.4. The van der Waals surface area contributed by atoms with Crippen molar-refractivity contribution < 1.29 is 4.39 Å². The predicted molar refractivity (Wildman–Crippen MR) is 62.3 cm³/mol. The highest BCUT2D eigenvalue weighted by molar-refractivity contribution is 5.14. The Morgan fingerprint density at radius 2 is 2.06 bits per heavy atom. The summed E-state index contributed by atoms with van der Waals surface area (Å²) in [5.74, 6) is 0.420. The lowest BCUT2D eigenvalue weighted by molar-refractivity contribution is 0.319. The Kier molecular flexibility index (Phi) is 3.88. The molecule has 0 saturated heterocycles. The Morgan fingerprint density at radius 1 is 1.31 bits per heavy atom. The molecule has 2 N–H and O–H groups in total. The summed E-state index contributed by atoms with van der Waals surface area (Å²) in [7, 11) is 0. The first-order chi connectivity index (χ1) is 7.75. The molecule has 2 nitrogen and oxygen atoms in total. The molecule has 3 heteroatoms. The molecule has 1 aliphatic carbocycles. The van der Waals surface area contributed by atoms with Gasteiger partial charge in [0.15, 0.2) is 0 Å². The number of hydrogen-bond donors (Lipinski definition) is 1. The molecule has 2 rings (SSSR count). The molecule has 1 aromatic rings. The van der Waals surface area contributed by atoms with Crippen LogP contribution >= 0.6 is 0 Å². The van der Waals surface area contributed by atoms with Crippen molar-refractivity contribution >= 4 is 0 Å². The van der Waals surface area contributed by atoms with Crippen LogP contribution in [0, 0.1) is 11.7 Å². The van der Waals surface area contributed by atoms with E-state index in [1.165, 1.54) is 44.4 Å². The number of halogens is 1. The van der Waals surface area contributed by atoms with Crippen LogP contribution in [0.4, 0.5) is 4.39 Å². The number of pyridine rings is 1. The van der Waals surface area contributed by atoms with E-state index < -0.39 is 0 Å². The second kappa shape index (κ2) is 5.39. The van der Waals surface area contributed by atoms with E-state index in [9.17, 15) is 4.39 Å². The van der Waals surface area contributed by atoms with E-state index in [4.69, 9.17) is 5.73 Å². The maximum absolute atomic E-state index is 13.0.